The van der Waals surface area contributed by atoms with Crippen LogP contribution in [0.15, 0.2) is 24.4 Å². The second-order valence-corrected chi connectivity index (χ2v) is 4.45. The maximum absolute atomic E-state index is 13.4. The maximum Gasteiger partial charge on any atom is 0.258 e. The van der Waals surface area contributed by atoms with Gasteiger partial charge in [-0.25, -0.2) is 13.8 Å². The molecule has 0 atom stereocenters. The van der Waals surface area contributed by atoms with Crippen molar-refractivity contribution in [3.63, 3.8) is 0 Å². The summed E-state index contributed by atoms with van der Waals surface area (Å²) in [6.45, 7) is 0. The lowest BCUT2D eigenvalue weighted by molar-refractivity contribution is 0.378. The van der Waals surface area contributed by atoms with Crippen molar-refractivity contribution in [2.75, 3.05) is 6.26 Å². The van der Waals surface area contributed by atoms with Crippen LogP contribution in [0.25, 0.3) is 0 Å². The van der Waals surface area contributed by atoms with Crippen LogP contribution in [0.3, 0.4) is 0 Å². The molecule has 0 unspecified atom stereocenters. The molecular formula is C12H10F2N2O2S. The van der Waals surface area contributed by atoms with Crippen molar-refractivity contribution in [1.82, 2.24) is 9.97 Å². The smallest absolute Gasteiger partial charge is 0.258 e. The standard InChI is InChI=1S/C12H10F2N2O2S/c1-19-6-11-15-5-10(12(17)16-11)18-9-3-2-7(13)4-8(9)14/h2-5H,6H2,1H3,(H,15,16,17). The van der Waals surface area contributed by atoms with Crippen molar-refractivity contribution in [3.05, 3.63) is 41.9 Å². The zero-order valence-electron chi connectivity index (χ0n) is 9.93. The summed E-state index contributed by atoms with van der Waals surface area (Å²) in [5, 5.41) is 9.64. The van der Waals surface area contributed by atoms with Crippen LogP contribution >= 0.6 is 11.8 Å². The summed E-state index contributed by atoms with van der Waals surface area (Å²) in [6, 6.07) is 2.87. The minimum absolute atomic E-state index is 0.0876. The summed E-state index contributed by atoms with van der Waals surface area (Å²) in [5.41, 5.74) is 0. The van der Waals surface area contributed by atoms with Gasteiger partial charge in [-0.15, -0.1) is 0 Å². The van der Waals surface area contributed by atoms with Crippen LogP contribution < -0.4 is 4.74 Å². The Balaban J connectivity index is 2.23. The molecule has 0 fully saturated rings. The zero-order chi connectivity index (χ0) is 13.8. The molecule has 0 radical (unpaired) electrons. The Bertz CT molecular complexity index is 596. The lowest BCUT2D eigenvalue weighted by atomic mass is 10.3. The van der Waals surface area contributed by atoms with Gasteiger partial charge in [0.2, 0.25) is 5.75 Å². The number of hydrogen-bond donors (Lipinski definition) is 1. The van der Waals surface area contributed by atoms with E-state index in [1.54, 1.807) is 0 Å². The first-order valence-corrected chi connectivity index (χ1v) is 6.66. The number of halogens is 2. The average Bonchev–Trinajstić information content (AvgIpc) is 2.36. The highest BCUT2D eigenvalue weighted by molar-refractivity contribution is 7.97. The Hall–Kier alpha value is -1.89. The van der Waals surface area contributed by atoms with Gasteiger partial charge in [-0.3, -0.25) is 0 Å². The average molecular weight is 284 g/mol. The molecule has 0 saturated heterocycles. The molecule has 1 heterocycles. The third-order valence-electron chi connectivity index (χ3n) is 2.17. The molecule has 100 valence electrons. The van der Waals surface area contributed by atoms with E-state index in [0.717, 1.165) is 12.1 Å². The number of ether oxygens (including phenoxy) is 1. The number of rotatable bonds is 4. The van der Waals surface area contributed by atoms with E-state index in [0.29, 0.717) is 17.6 Å². The molecule has 1 N–H and O–H groups in total. The second kappa shape index (κ2) is 5.83. The molecular weight excluding hydrogens is 274 g/mol. The van der Waals surface area contributed by atoms with Crippen LogP contribution in [0.2, 0.25) is 0 Å². The maximum atomic E-state index is 13.4. The third-order valence-corrected chi connectivity index (χ3v) is 2.72. The fourth-order valence-electron chi connectivity index (χ4n) is 1.34. The van der Waals surface area contributed by atoms with E-state index >= 15 is 0 Å². The van der Waals surface area contributed by atoms with E-state index in [1.807, 2.05) is 6.26 Å². The van der Waals surface area contributed by atoms with Gasteiger partial charge in [0.05, 0.1) is 11.9 Å². The first-order chi connectivity index (χ1) is 9.10. The Morgan fingerprint density at radius 2 is 2.11 bits per heavy atom. The summed E-state index contributed by atoms with van der Waals surface area (Å²) in [6.07, 6.45) is 3.12. The van der Waals surface area contributed by atoms with E-state index in [2.05, 4.69) is 9.97 Å². The number of benzene rings is 1. The molecule has 0 saturated carbocycles. The van der Waals surface area contributed by atoms with Crippen molar-refractivity contribution >= 4 is 11.8 Å². The summed E-state index contributed by atoms with van der Waals surface area (Å²) >= 11 is 1.50. The van der Waals surface area contributed by atoms with Crippen molar-refractivity contribution in [1.29, 1.82) is 0 Å². The van der Waals surface area contributed by atoms with Crippen molar-refractivity contribution < 1.29 is 18.6 Å². The van der Waals surface area contributed by atoms with Crippen LogP contribution in [0.5, 0.6) is 17.4 Å². The van der Waals surface area contributed by atoms with Gasteiger partial charge in [0.15, 0.2) is 11.6 Å². The Morgan fingerprint density at radius 1 is 1.32 bits per heavy atom. The predicted molar refractivity (Wildman–Crippen MR) is 67.3 cm³/mol. The van der Waals surface area contributed by atoms with Crippen LogP contribution in [-0.2, 0) is 5.75 Å². The monoisotopic (exact) mass is 284 g/mol. The number of hydrogen-bond acceptors (Lipinski definition) is 5. The molecule has 0 aliphatic carbocycles. The summed E-state index contributed by atoms with van der Waals surface area (Å²) in [7, 11) is 0. The van der Waals surface area contributed by atoms with E-state index in [-0.39, 0.29) is 17.4 Å². The molecule has 4 nitrogen and oxygen atoms in total. The summed E-state index contributed by atoms with van der Waals surface area (Å²) in [5.74, 6) is -1.28. The predicted octanol–water partition coefficient (Wildman–Crippen LogP) is 3.12. The van der Waals surface area contributed by atoms with Crippen LogP contribution in [-0.4, -0.2) is 21.3 Å². The van der Waals surface area contributed by atoms with E-state index in [4.69, 9.17) is 4.74 Å². The summed E-state index contributed by atoms with van der Waals surface area (Å²) < 4.78 is 31.2. The Kier molecular flexibility index (Phi) is 4.16. The van der Waals surface area contributed by atoms with Gasteiger partial charge < -0.3 is 9.84 Å². The fraction of sp³-hybridized carbons (Fsp3) is 0.167. The van der Waals surface area contributed by atoms with Gasteiger partial charge >= 0.3 is 0 Å². The van der Waals surface area contributed by atoms with Gasteiger partial charge in [0, 0.05) is 6.07 Å². The number of aromatic hydroxyl groups is 1. The van der Waals surface area contributed by atoms with Crippen LogP contribution in [0.1, 0.15) is 5.82 Å². The number of aromatic nitrogens is 2. The second-order valence-electron chi connectivity index (χ2n) is 3.58. The molecule has 0 bridgehead atoms. The topological polar surface area (TPSA) is 55.2 Å². The lowest BCUT2D eigenvalue weighted by Crippen LogP contribution is -1.96. The van der Waals surface area contributed by atoms with Crippen LogP contribution in [0, 0.1) is 11.6 Å². The Morgan fingerprint density at radius 3 is 2.74 bits per heavy atom. The van der Waals surface area contributed by atoms with Crippen molar-refractivity contribution in [2.24, 2.45) is 0 Å². The molecule has 1 aromatic heterocycles. The van der Waals surface area contributed by atoms with E-state index < -0.39 is 11.6 Å². The molecule has 0 amide bonds. The quantitative estimate of drug-likeness (QED) is 0.934. The largest absolute Gasteiger partial charge is 0.491 e. The molecule has 7 heteroatoms. The molecule has 2 aromatic rings. The molecule has 0 aliphatic heterocycles. The highest BCUT2D eigenvalue weighted by atomic mass is 32.2. The highest BCUT2D eigenvalue weighted by Crippen LogP contribution is 2.30. The zero-order valence-corrected chi connectivity index (χ0v) is 10.7. The first-order valence-electron chi connectivity index (χ1n) is 5.27. The first kappa shape index (κ1) is 13.5. The minimum atomic E-state index is -0.868. The van der Waals surface area contributed by atoms with E-state index in [1.165, 1.54) is 18.0 Å². The normalized spacial score (nSPS) is 10.5. The lowest BCUT2D eigenvalue weighted by Gasteiger charge is -2.08. The molecule has 0 aliphatic rings. The van der Waals surface area contributed by atoms with Crippen molar-refractivity contribution in [3.8, 4) is 17.4 Å². The number of thioether (sulfide) groups is 1. The van der Waals surface area contributed by atoms with Gasteiger partial charge in [-0.1, -0.05) is 0 Å². The molecule has 0 spiro atoms. The van der Waals surface area contributed by atoms with Gasteiger partial charge in [-0.2, -0.15) is 16.7 Å². The fourth-order valence-corrected chi connectivity index (χ4v) is 1.74. The third kappa shape index (κ3) is 3.31. The van der Waals surface area contributed by atoms with Gasteiger partial charge in [-0.05, 0) is 18.4 Å². The Labute approximate surface area is 112 Å². The molecule has 2 rings (SSSR count). The SMILES string of the molecule is CSCc1ncc(Oc2ccc(F)cc2F)c(O)n1. The minimum Gasteiger partial charge on any atom is -0.491 e. The van der Waals surface area contributed by atoms with Crippen molar-refractivity contribution in [2.45, 2.75) is 5.75 Å². The van der Waals surface area contributed by atoms with E-state index in [9.17, 15) is 13.9 Å². The van der Waals surface area contributed by atoms with Gasteiger partial charge in [0.1, 0.15) is 11.6 Å². The van der Waals surface area contributed by atoms with Crippen LogP contribution in [0.4, 0.5) is 8.78 Å². The molecule has 1 aromatic carbocycles. The number of nitrogens with zero attached hydrogens (tertiary/aromatic N) is 2. The highest BCUT2D eigenvalue weighted by Gasteiger charge is 2.11. The summed E-state index contributed by atoms with van der Waals surface area (Å²) in [4.78, 5) is 7.77. The van der Waals surface area contributed by atoms with Gasteiger partial charge in [0.25, 0.3) is 5.88 Å². The molecule has 19 heavy (non-hydrogen) atoms.